The monoisotopic (exact) mass is 459 g/mol. The molecule has 2 aromatic rings. The Hall–Kier alpha value is -1.35. The van der Waals surface area contributed by atoms with Gasteiger partial charge in [0.15, 0.2) is 5.96 Å². The summed E-state index contributed by atoms with van der Waals surface area (Å²) in [5.41, 5.74) is 2.53. The van der Waals surface area contributed by atoms with Gasteiger partial charge in [0.2, 0.25) is 0 Å². The standard InChI is InChI=1S/C17H25N5S.HI/c1-13-11-20-16(23-13)12-21-17(18-2)19-10-9-14-5-7-15(8-6-14)22(3)4;/h5-8,11H,9-10,12H2,1-4H3,(H2,18,19,21);1H. The maximum Gasteiger partial charge on any atom is 0.191 e. The fourth-order valence-electron chi connectivity index (χ4n) is 2.15. The number of halogens is 1. The van der Waals surface area contributed by atoms with Gasteiger partial charge in [-0.05, 0) is 31.0 Å². The molecule has 132 valence electrons. The third-order valence-electron chi connectivity index (χ3n) is 3.46. The van der Waals surface area contributed by atoms with Crippen LogP contribution in [0.3, 0.4) is 0 Å². The fourth-order valence-corrected chi connectivity index (χ4v) is 2.88. The number of hydrogen-bond donors (Lipinski definition) is 2. The lowest BCUT2D eigenvalue weighted by Gasteiger charge is -2.13. The van der Waals surface area contributed by atoms with Crippen LogP contribution in [0, 0.1) is 6.92 Å². The van der Waals surface area contributed by atoms with Crippen molar-refractivity contribution in [1.82, 2.24) is 15.6 Å². The van der Waals surface area contributed by atoms with Crippen molar-refractivity contribution in [3.8, 4) is 0 Å². The lowest BCUT2D eigenvalue weighted by atomic mass is 10.1. The molecule has 2 rings (SSSR count). The molecule has 24 heavy (non-hydrogen) atoms. The number of guanidine groups is 1. The Kier molecular flexibility index (Phi) is 9.05. The summed E-state index contributed by atoms with van der Waals surface area (Å²) in [6.45, 7) is 3.61. The van der Waals surface area contributed by atoms with Crippen molar-refractivity contribution in [2.75, 3.05) is 32.6 Å². The van der Waals surface area contributed by atoms with Crippen LogP contribution >= 0.6 is 35.3 Å². The molecule has 0 amide bonds. The summed E-state index contributed by atoms with van der Waals surface area (Å²) in [5, 5.41) is 7.70. The van der Waals surface area contributed by atoms with Gasteiger partial charge in [-0.1, -0.05) is 12.1 Å². The molecule has 1 heterocycles. The average Bonchev–Trinajstić information content (AvgIpc) is 2.96. The Labute approximate surface area is 165 Å². The number of aromatic nitrogens is 1. The lowest BCUT2D eigenvalue weighted by molar-refractivity contribution is 0.791. The van der Waals surface area contributed by atoms with Crippen LogP contribution in [0.5, 0.6) is 0 Å². The number of nitrogens with one attached hydrogen (secondary N) is 2. The molecule has 0 aliphatic heterocycles. The van der Waals surface area contributed by atoms with E-state index in [4.69, 9.17) is 0 Å². The van der Waals surface area contributed by atoms with E-state index >= 15 is 0 Å². The van der Waals surface area contributed by atoms with Gasteiger partial charge in [0.1, 0.15) is 5.01 Å². The van der Waals surface area contributed by atoms with Crippen molar-refractivity contribution in [3.63, 3.8) is 0 Å². The minimum atomic E-state index is 0. The molecule has 0 unspecified atom stereocenters. The molecule has 0 aliphatic carbocycles. The van der Waals surface area contributed by atoms with Gasteiger partial charge in [0.05, 0.1) is 6.54 Å². The van der Waals surface area contributed by atoms with E-state index in [-0.39, 0.29) is 24.0 Å². The largest absolute Gasteiger partial charge is 0.378 e. The normalized spacial score (nSPS) is 10.9. The molecule has 0 saturated heterocycles. The number of aryl methyl sites for hydroxylation is 1. The van der Waals surface area contributed by atoms with Gasteiger partial charge in [-0.2, -0.15) is 0 Å². The van der Waals surface area contributed by atoms with Gasteiger partial charge in [-0.3, -0.25) is 4.99 Å². The molecule has 0 radical (unpaired) electrons. The SMILES string of the molecule is CN=C(NCCc1ccc(N(C)C)cc1)NCc1ncc(C)s1.I. The number of benzene rings is 1. The van der Waals surface area contributed by atoms with Gasteiger partial charge in [0.25, 0.3) is 0 Å². The molecule has 7 heteroatoms. The van der Waals surface area contributed by atoms with E-state index in [0.717, 1.165) is 23.9 Å². The van der Waals surface area contributed by atoms with Crippen molar-refractivity contribution in [3.05, 3.63) is 45.9 Å². The topological polar surface area (TPSA) is 52.6 Å². The average molecular weight is 459 g/mol. The van der Waals surface area contributed by atoms with Gasteiger partial charge in [0, 0.05) is 44.4 Å². The molecular formula is C17H26IN5S. The Morgan fingerprint density at radius 3 is 2.46 bits per heavy atom. The summed E-state index contributed by atoms with van der Waals surface area (Å²) in [6, 6.07) is 8.64. The number of thiazole rings is 1. The molecule has 1 aromatic carbocycles. The summed E-state index contributed by atoms with van der Waals surface area (Å²) in [6.07, 6.45) is 2.86. The second-order valence-electron chi connectivity index (χ2n) is 5.53. The number of aliphatic imine (C=N–C) groups is 1. The first kappa shape index (κ1) is 20.7. The number of nitrogens with zero attached hydrogens (tertiary/aromatic N) is 3. The van der Waals surface area contributed by atoms with E-state index in [0.29, 0.717) is 6.54 Å². The summed E-state index contributed by atoms with van der Waals surface area (Å²) in [5.74, 6) is 0.808. The molecule has 0 spiro atoms. The Morgan fingerprint density at radius 2 is 1.92 bits per heavy atom. The predicted octanol–water partition coefficient (Wildman–Crippen LogP) is 3.04. The molecule has 0 fully saturated rings. The van der Waals surface area contributed by atoms with E-state index < -0.39 is 0 Å². The third kappa shape index (κ3) is 6.64. The van der Waals surface area contributed by atoms with Crippen LogP contribution in [0.1, 0.15) is 15.4 Å². The van der Waals surface area contributed by atoms with Gasteiger partial charge >= 0.3 is 0 Å². The molecule has 5 nitrogen and oxygen atoms in total. The molecule has 0 atom stereocenters. The van der Waals surface area contributed by atoms with Crippen LogP contribution in [-0.4, -0.2) is 38.6 Å². The van der Waals surface area contributed by atoms with E-state index in [1.807, 2.05) is 6.20 Å². The quantitative estimate of drug-likeness (QED) is 0.396. The van der Waals surface area contributed by atoms with Crippen LogP contribution in [0.2, 0.25) is 0 Å². The second-order valence-corrected chi connectivity index (χ2v) is 6.85. The van der Waals surface area contributed by atoms with Gasteiger partial charge < -0.3 is 15.5 Å². The highest BCUT2D eigenvalue weighted by molar-refractivity contribution is 14.0. The van der Waals surface area contributed by atoms with E-state index in [1.54, 1.807) is 18.4 Å². The summed E-state index contributed by atoms with van der Waals surface area (Å²) in [7, 11) is 5.89. The molecule has 2 N–H and O–H groups in total. The zero-order valence-electron chi connectivity index (χ0n) is 14.7. The third-order valence-corrected chi connectivity index (χ3v) is 4.37. The highest BCUT2D eigenvalue weighted by atomic mass is 127. The predicted molar refractivity (Wildman–Crippen MR) is 115 cm³/mol. The molecule has 0 bridgehead atoms. The van der Waals surface area contributed by atoms with Crippen molar-refractivity contribution in [2.24, 2.45) is 4.99 Å². The van der Waals surface area contributed by atoms with Gasteiger partial charge in [-0.15, -0.1) is 35.3 Å². The fraction of sp³-hybridized carbons (Fsp3) is 0.412. The van der Waals surface area contributed by atoms with E-state index in [2.05, 4.69) is 70.8 Å². The first-order valence-corrected chi connectivity index (χ1v) is 8.52. The Balaban J connectivity index is 0.00000288. The minimum absolute atomic E-state index is 0. The van der Waals surface area contributed by atoms with Crippen molar-refractivity contribution >= 4 is 47.0 Å². The second kappa shape index (κ2) is 10.5. The van der Waals surface area contributed by atoms with E-state index in [1.165, 1.54) is 16.1 Å². The highest BCUT2D eigenvalue weighted by Crippen LogP contribution is 2.12. The van der Waals surface area contributed by atoms with Crippen LogP contribution in [0.15, 0.2) is 35.5 Å². The van der Waals surface area contributed by atoms with Gasteiger partial charge in [-0.25, -0.2) is 4.98 Å². The smallest absolute Gasteiger partial charge is 0.191 e. The van der Waals surface area contributed by atoms with Crippen LogP contribution < -0.4 is 15.5 Å². The number of hydrogen-bond acceptors (Lipinski definition) is 4. The molecule has 1 aromatic heterocycles. The summed E-state index contributed by atoms with van der Waals surface area (Å²) < 4.78 is 0. The first-order chi connectivity index (χ1) is 11.1. The summed E-state index contributed by atoms with van der Waals surface area (Å²) >= 11 is 1.70. The Morgan fingerprint density at radius 1 is 1.21 bits per heavy atom. The number of anilines is 1. The van der Waals surface area contributed by atoms with Crippen molar-refractivity contribution in [2.45, 2.75) is 19.9 Å². The minimum Gasteiger partial charge on any atom is -0.378 e. The summed E-state index contributed by atoms with van der Waals surface area (Å²) in [4.78, 5) is 11.9. The molecular weight excluding hydrogens is 433 g/mol. The number of rotatable bonds is 6. The first-order valence-electron chi connectivity index (χ1n) is 7.70. The zero-order valence-corrected chi connectivity index (χ0v) is 17.8. The maximum absolute atomic E-state index is 4.34. The van der Waals surface area contributed by atoms with Crippen LogP contribution in [0.4, 0.5) is 5.69 Å². The van der Waals surface area contributed by atoms with E-state index in [9.17, 15) is 0 Å². The molecule has 0 saturated carbocycles. The lowest BCUT2D eigenvalue weighted by Crippen LogP contribution is -2.37. The molecule has 0 aliphatic rings. The highest BCUT2D eigenvalue weighted by Gasteiger charge is 2.02. The zero-order chi connectivity index (χ0) is 16.7. The van der Waals surface area contributed by atoms with Crippen LogP contribution in [0.25, 0.3) is 0 Å². The van der Waals surface area contributed by atoms with Crippen molar-refractivity contribution in [1.29, 1.82) is 0 Å². The van der Waals surface area contributed by atoms with Crippen LogP contribution in [-0.2, 0) is 13.0 Å². The Bertz CT molecular complexity index is 637. The van der Waals surface area contributed by atoms with Crippen molar-refractivity contribution < 1.29 is 0 Å². The maximum atomic E-state index is 4.34.